The lowest BCUT2D eigenvalue weighted by Gasteiger charge is -2.38. The molecule has 2 saturated carbocycles. The molecule has 5 heteroatoms. The lowest BCUT2D eigenvalue weighted by molar-refractivity contribution is -0.142. The van der Waals surface area contributed by atoms with Gasteiger partial charge in [0.25, 0.3) is 0 Å². The summed E-state index contributed by atoms with van der Waals surface area (Å²) in [5.74, 6) is -0.0277. The molecule has 1 aromatic rings. The topological polar surface area (TPSA) is 0 Å². The molecule has 0 bridgehead atoms. The van der Waals surface area contributed by atoms with Gasteiger partial charge in [0.2, 0.25) is 0 Å². The normalized spacial score (nSPS) is 27.8. The highest BCUT2D eigenvalue weighted by Gasteiger charge is 2.38. The molecule has 0 spiro atoms. The predicted molar refractivity (Wildman–Crippen MR) is 110 cm³/mol. The molecule has 0 aliphatic heterocycles. The predicted octanol–water partition coefficient (Wildman–Crippen LogP) is 8.50. The van der Waals surface area contributed by atoms with Crippen LogP contribution in [0.1, 0.15) is 81.8 Å². The van der Waals surface area contributed by atoms with E-state index in [0.717, 1.165) is 55.6 Å². The van der Waals surface area contributed by atoms with Gasteiger partial charge < -0.3 is 0 Å². The van der Waals surface area contributed by atoms with Crippen molar-refractivity contribution in [3.05, 3.63) is 47.5 Å². The maximum Gasteiger partial charge on any atom is 0.422 e. The smallest absolute Gasteiger partial charge is 0.206 e. The third-order valence-electron chi connectivity index (χ3n) is 7.46. The van der Waals surface area contributed by atoms with E-state index in [-0.39, 0.29) is 0 Å². The van der Waals surface area contributed by atoms with Crippen molar-refractivity contribution in [1.29, 1.82) is 0 Å². The van der Waals surface area contributed by atoms with Gasteiger partial charge in [-0.3, -0.25) is 0 Å². The summed E-state index contributed by atoms with van der Waals surface area (Å²) in [7, 11) is 0. The molecular weight excluding hydrogens is 395 g/mol. The second-order valence-corrected chi connectivity index (χ2v) is 9.40. The van der Waals surface area contributed by atoms with Crippen LogP contribution in [0.4, 0.5) is 22.0 Å². The van der Waals surface area contributed by atoms with Crippen LogP contribution in [0.3, 0.4) is 0 Å². The number of aryl methyl sites for hydroxylation is 1. The summed E-state index contributed by atoms with van der Waals surface area (Å²) in [6.45, 7) is 3.81. The monoisotopic (exact) mass is 428 g/mol. The SMILES string of the molecule is C=CCC[C@H]1CC[C@H]([C@H]2CC[C@H](CCc3cc(F)c(C(F)(F)F)c(F)c3)CC2)CC1. The minimum absolute atomic E-state index is 0.318. The largest absolute Gasteiger partial charge is 0.422 e. The van der Waals surface area contributed by atoms with E-state index in [2.05, 4.69) is 6.58 Å². The van der Waals surface area contributed by atoms with Gasteiger partial charge in [0.05, 0.1) is 0 Å². The molecule has 0 nitrogen and oxygen atoms in total. The number of alkyl halides is 3. The zero-order valence-electron chi connectivity index (χ0n) is 17.6. The van der Waals surface area contributed by atoms with Gasteiger partial charge in [-0.05, 0) is 92.7 Å². The Kier molecular flexibility index (Phi) is 7.98. The molecule has 0 aromatic heterocycles. The first kappa shape index (κ1) is 23.3. The number of rotatable bonds is 7. The van der Waals surface area contributed by atoms with Gasteiger partial charge in [0, 0.05) is 0 Å². The molecule has 0 N–H and O–H groups in total. The van der Waals surface area contributed by atoms with Crippen LogP contribution in [0.5, 0.6) is 0 Å². The van der Waals surface area contributed by atoms with Crippen molar-refractivity contribution in [2.24, 2.45) is 23.7 Å². The average Bonchev–Trinajstić information content (AvgIpc) is 2.70. The first-order valence-electron chi connectivity index (χ1n) is 11.4. The quantitative estimate of drug-likeness (QED) is 0.302. The maximum atomic E-state index is 13.8. The van der Waals surface area contributed by atoms with Crippen LogP contribution in [-0.4, -0.2) is 0 Å². The second kappa shape index (κ2) is 10.3. The zero-order chi connectivity index (χ0) is 21.7. The van der Waals surface area contributed by atoms with E-state index in [4.69, 9.17) is 0 Å². The van der Waals surface area contributed by atoms with Crippen molar-refractivity contribution in [3.63, 3.8) is 0 Å². The van der Waals surface area contributed by atoms with Crippen LogP contribution in [-0.2, 0) is 12.6 Å². The fourth-order valence-electron chi connectivity index (χ4n) is 5.66. The van der Waals surface area contributed by atoms with E-state index in [1.165, 1.54) is 44.9 Å². The first-order chi connectivity index (χ1) is 14.3. The summed E-state index contributed by atoms with van der Waals surface area (Å²) in [6.07, 6.45) is 10.6. The molecule has 30 heavy (non-hydrogen) atoms. The molecule has 0 unspecified atom stereocenters. The highest BCUT2D eigenvalue weighted by Crippen LogP contribution is 2.43. The van der Waals surface area contributed by atoms with Gasteiger partial charge in [-0.1, -0.05) is 31.8 Å². The van der Waals surface area contributed by atoms with Crippen molar-refractivity contribution in [1.82, 2.24) is 0 Å². The molecule has 168 valence electrons. The maximum absolute atomic E-state index is 13.8. The van der Waals surface area contributed by atoms with Crippen LogP contribution in [0.2, 0.25) is 0 Å². The molecule has 3 rings (SSSR count). The Bertz CT molecular complexity index is 669. The molecule has 2 aliphatic rings. The third-order valence-corrected chi connectivity index (χ3v) is 7.46. The van der Waals surface area contributed by atoms with Crippen molar-refractivity contribution in [2.45, 2.75) is 83.2 Å². The molecule has 0 amide bonds. The van der Waals surface area contributed by atoms with E-state index in [1.807, 2.05) is 6.08 Å². The second-order valence-electron chi connectivity index (χ2n) is 9.40. The van der Waals surface area contributed by atoms with Gasteiger partial charge in [0.15, 0.2) is 0 Å². The van der Waals surface area contributed by atoms with Gasteiger partial charge in [0.1, 0.15) is 17.2 Å². The van der Waals surface area contributed by atoms with Gasteiger partial charge in [-0.15, -0.1) is 6.58 Å². The third kappa shape index (κ3) is 6.07. The number of allylic oxidation sites excluding steroid dienone is 1. The van der Waals surface area contributed by atoms with E-state index in [9.17, 15) is 22.0 Å². The number of benzene rings is 1. The Morgan fingerprint density at radius 1 is 0.800 bits per heavy atom. The Morgan fingerprint density at radius 2 is 1.27 bits per heavy atom. The summed E-state index contributed by atoms with van der Waals surface area (Å²) in [4.78, 5) is 0. The molecule has 2 aliphatic carbocycles. The van der Waals surface area contributed by atoms with Crippen molar-refractivity contribution >= 4 is 0 Å². The lowest BCUT2D eigenvalue weighted by atomic mass is 9.68. The standard InChI is InChI=1S/C25H33F5/c1-2-3-4-17-7-11-20(12-8-17)21-13-9-18(10-14-21)5-6-19-15-22(26)24(23(27)16-19)25(28,29)30/h2,15-18,20-21H,1,3-14H2/t17-,18-,20-,21-. The Balaban J connectivity index is 1.43. The lowest BCUT2D eigenvalue weighted by Crippen LogP contribution is -2.26. The minimum Gasteiger partial charge on any atom is -0.206 e. The highest BCUT2D eigenvalue weighted by molar-refractivity contribution is 5.28. The first-order valence-corrected chi connectivity index (χ1v) is 11.4. The summed E-state index contributed by atoms with van der Waals surface area (Å²) in [5, 5.41) is 0. The summed E-state index contributed by atoms with van der Waals surface area (Å²) < 4.78 is 65.6. The fourth-order valence-corrected chi connectivity index (χ4v) is 5.66. The zero-order valence-corrected chi connectivity index (χ0v) is 17.6. The number of hydrogen-bond acceptors (Lipinski definition) is 0. The van der Waals surface area contributed by atoms with Crippen LogP contribution in [0.15, 0.2) is 24.8 Å². The van der Waals surface area contributed by atoms with E-state index in [1.54, 1.807) is 0 Å². The summed E-state index contributed by atoms with van der Waals surface area (Å²) in [5.41, 5.74) is -1.47. The van der Waals surface area contributed by atoms with Crippen LogP contribution in [0, 0.1) is 35.3 Å². The highest BCUT2D eigenvalue weighted by atomic mass is 19.4. The van der Waals surface area contributed by atoms with E-state index in [0.29, 0.717) is 17.9 Å². The van der Waals surface area contributed by atoms with Crippen LogP contribution < -0.4 is 0 Å². The van der Waals surface area contributed by atoms with Gasteiger partial charge in [-0.2, -0.15) is 13.2 Å². The summed E-state index contributed by atoms with van der Waals surface area (Å²) in [6, 6.07) is 1.70. The molecule has 0 saturated heterocycles. The molecule has 0 radical (unpaired) electrons. The molecule has 2 fully saturated rings. The van der Waals surface area contributed by atoms with Crippen LogP contribution >= 0.6 is 0 Å². The molecular formula is C25H33F5. The Labute approximate surface area is 176 Å². The minimum atomic E-state index is -5.00. The fraction of sp³-hybridized carbons (Fsp3) is 0.680. The average molecular weight is 429 g/mol. The van der Waals surface area contributed by atoms with Gasteiger partial charge >= 0.3 is 6.18 Å². The van der Waals surface area contributed by atoms with E-state index < -0.39 is 23.4 Å². The molecule has 0 heterocycles. The van der Waals surface area contributed by atoms with Crippen LogP contribution in [0.25, 0.3) is 0 Å². The Hall–Kier alpha value is -1.39. The Morgan fingerprint density at radius 3 is 1.70 bits per heavy atom. The van der Waals surface area contributed by atoms with Gasteiger partial charge in [-0.25, -0.2) is 8.78 Å². The van der Waals surface area contributed by atoms with E-state index >= 15 is 0 Å². The van der Waals surface area contributed by atoms with Crippen molar-refractivity contribution in [3.8, 4) is 0 Å². The number of hydrogen-bond donors (Lipinski definition) is 0. The summed E-state index contributed by atoms with van der Waals surface area (Å²) >= 11 is 0. The van der Waals surface area contributed by atoms with Crippen molar-refractivity contribution in [2.75, 3.05) is 0 Å². The van der Waals surface area contributed by atoms with Crippen molar-refractivity contribution < 1.29 is 22.0 Å². The molecule has 0 atom stereocenters. The molecule has 1 aromatic carbocycles. The number of halogens is 5.